The molecule has 0 bridgehead atoms. The van der Waals surface area contributed by atoms with Gasteiger partial charge in [-0.25, -0.2) is 5.43 Å². The minimum atomic E-state index is -0.388. The molecule has 0 fully saturated rings. The van der Waals surface area contributed by atoms with Gasteiger partial charge in [0.05, 0.1) is 10.7 Å². The van der Waals surface area contributed by atoms with Crippen molar-refractivity contribution in [2.75, 3.05) is 0 Å². The van der Waals surface area contributed by atoms with E-state index < -0.39 is 0 Å². The molecule has 0 aliphatic heterocycles. The third kappa shape index (κ3) is 3.33. The van der Waals surface area contributed by atoms with Crippen molar-refractivity contribution in [2.24, 2.45) is 5.10 Å². The average molecular weight is 336 g/mol. The first-order chi connectivity index (χ1) is 9.58. The molecule has 0 aliphatic rings. The summed E-state index contributed by atoms with van der Waals surface area (Å²) in [5.41, 5.74) is 3.10. The zero-order chi connectivity index (χ0) is 14.5. The molecule has 0 saturated carbocycles. The Hall–Kier alpha value is -2.41. The van der Waals surface area contributed by atoms with Crippen molar-refractivity contribution in [1.29, 1.82) is 0 Å². The standard InChI is InChI=1S/C13H10BrN3O3/c14-10-5-9(11(18)6-12(10)19)7-16-17-13(20)8-1-3-15-4-2-8/h1-7,18-19H,(H,17,20)/b16-7-. The van der Waals surface area contributed by atoms with Crippen LogP contribution in [0.15, 0.2) is 46.2 Å². The molecule has 0 atom stereocenters. The number of carbonyl (C=O) groups excluding carboxylic acids is 1. The van der Waals surface area contributed by atoms with Gasteiger partial charge in [0.25, 0.3) is 5.91 Å². The second-order valence-electron chi connectivity index (χ2n) is 3.80. The number of carbonyl (C=O) groups is 1. The molecule has 6 nitrogen and oxygen atoms in total. The summed E-state index contributed by atoms with van der Waals surface area (Å²) >= 11 is 3.12. The Labute approximate surface area is 122 Å². The summed E-state index contributed by atoms with van der Waals surface area (Å²) in [7, 11) is 0. The summed E-state index contributed by atoms with van der Waals surface area (Å²) in [5.74, 6) is -0.617. The van der Waals surface area contributed by atoms with Crippen molar-refractivity contribution in [1.82, 2.24) is 10.4 Å². The van der Waals surface area contributed by atoms with E-state index in [1.807, 2.05) is 0 Å². The first-order valence-corrected chi connectivity index (χ1v) is 6.32. The van der Waals surface area contributed by atoms with Crippen LogP contribution in [0.4, 0.5) is 0 Å². The van der Waals surface area contributed by atoms with Gasteiger partial charge in [-0.3, -0.25) is 9.78 Å². The fraction of sp³-hybridized carbons (Fsp3) is 0. The monoisotopic (exact) mass is 335 g/mol. The van der Waals surface area contributed by atoms with Crippen molar-refractivity contribution in [3.8, 4) is 11.5 Å². The number of pyridine rings is 1. The van der Waals surface area contributed by atoms with Gasteiger partial charge in [-0.05, 0) is 34.1 Å². The van der Waals surface area contributed by atoms with Gasteiger partial charge in [0.2, 0.25) is 0 Å². The highest BCUT2D eigenvalue weighted by Crippen LogP contribution is 2.30. The van der Waals surface area contributed by atoms with E-state index in [0.717, 1.165) is 0 Å². The summed E-state index contributed by atoms with van der Waals surface area (Å²) in [4.78, 5) is 15.5. The first-order valence-electron chi connectivity index (χ1n) is 5.53. The number of amides is 1. The number of hydrogen-bond donors (Lipinski definition) is 3. The lowest BCUT2D eigenvalue weighted by atomic mass is 10.2. The number of hydrazone groups is 1. The van der Waals surface area contributed by atoms with Crippen LogP contribution in [0.5, 0.6) is 11.5 Å². The van der Waals surface area contributed by atoms with Crippen molar-refractivity contribution >= 4 is 28.1 Å². The van der Waals surface area contributed by atoms with Crippen LogP contribution in [-0.2, 0) is 0 Å². The van der Waals surface area contributed by atoms with E-state index >= 15 is 0 Å². The lowest BCUT2D eigenvalue weighted by Gasteiger charge is -2.02. The molecule has 102 valence electrons. The van der Waals surface area contributed by atoms with Gasteiger partial charge >= 0.3 is 0 Å². The number of benzene rings is 1. The Morgan fingerprint density at radius 2 is 1.95 bits per heavy atom. The molecule has 1 aromatic carbocycles. The van der Waals surface area contributed by atoms with Crippen molar-refractivity contribution in [3.05, 3.63) is 52.3 Å². The van der Waals surface area contributed by atoms with E-state index in [9.17, 15) is 15.0 Å². The highest BCUT2D eigenvalue weighted by atomic mass is 79.9. The van der Waals surface area contributed by atoms with Crippen molar-refractivity contribution < 1.29 is 15.0 Å². The fourth-order valence-corrected chi connectivity index (χ4v) is 1.76. The number of phenolic OH excluding ortho intramolecular Hbond substituents is 2. The van der Waals surface area contributed by atoms with Crippen LogP contribution in [0.3, 0.4) is 0 Å². The molecule has 0 radical (unpaired) electrons. The summed E-state index contributed by atoms with van der Waals surface area (Å²) < 4.78 is 0.414. The van der Waals surface area contributed by atoms with Gasteiger partial charge in [0.1, 0.15) is 11.5 Å². The predicted octanol–water partition coefficient (Wildman–Crippen LogP) is 2.02. The third-order valence-electron chi connectivity index (χ3n) is 2.41. The second-order valence-corrected chi connectivity index (χ2v) is 4.65. The quantitative estimate of drug-likeness (QED) is 0.590. The maximum absolute atomic E-state index is 11.7. The molecule has 0 saturated heterocycles. The van der Waals surface area contributed by atoms with E-state index in [4.69, 9.17) is 0 Å². The Balaban J connectivity index is 2.08. The molecule has 7 heteroatoms. The molecule has 20 heavy (non-hydrogen) atoms. The first kappa shape index (κ1) is 14.0. The van der Waals surface area contributed by atoms with Gasteiger partial charge in [-0.15, -0.1) is 0 Å². The number of aromatic nitrogens is 1. The lowest BCUT2D eigenvalue weighted by Crippen LogP contribution is -2.17. The van der Waals surface area contributed by atoms with Crippen LogP contribution < -0.4 is 5.43 Å². The van der Waals surface area contributed by atoms with Crippen LogP contribution in [0.2, 0.25) is 0 Å². The number of aromatic hydroxyl groups is 2. The molecule has 2 aromatic rings. The van der Waals surface area contributed by atoms with Crippen LogP contribution >= 0.6 is 15.9 Å². The number of halogens is 1. The topological polar surface area (TPSA) is 94.8 Å². The molecule has 0 unspecified atom stereocenters. The number of hydrogen-bond acceptors (Lipinski definition) is 5. The zero-order valence-electron chi connectivity index (χ0n) is 10.1. The normalized spacial score (nSPS) is 10.7. The zero-order valence-corrected chi connectivity index (χ0v) is 11.7. The van der Waals surface area contributed by atoms with Crippen LogP contribution in [0, 0.1) is 0 Å². The Kier molecular flexibility index (Phi) is 4.31. The average Bonchev–Trinajstić information content (AvgIpc) is 2.45. The molecule has 2 rings (SSSR count). The van der Waals surface area contributed by atoms with E-state index in [1.165, 1.54) is 30.7 Å². The van der Waals surface area contributed by atoms with Crippen LogP contribution in [0.1, 0.15) is 15.9 Å². The molecule has 1 amide bonds. The van der Waals surface area contributed by atoms with E-state index in [-0.39, 0.29) is 17.4 Å². The van der Waals surface area contributed by atoms with Gasteiger partial charge in [0, 0.05) is 29.6 Å². The maximum Gasteiger partial charge on any atom is 0.271 e. The molecule has 0 aliphatic carbocycles. The largest absolute Gasteiger partial charge is 0.507 e. The summed E-state index contributed by atoms with van der Waals surface area (Å²) in [6.07, 6.45) is 4.28. The summed E-state index contributed by atoms with van der Waals surface area (Å²) in [6, 6.07) is 5.77. The van der Waals surface area contributed by atoms with Crippen molar-refractivity contribution in [3.63, 3.8) is 0 Å². The molecule has 1 heterocycles. The number of rotatable bonds is 3. The smallest absolute Gasteiger partial charge is 0.271 e. The minimum absolute atomic E-state index is 0.0829. The van der Waals surface area contributed by atoms with Crippen LogP contribution in [-0.4, -0.2) is 27.3 Å². The molecular formula is C13H10BrN3O3. The number of phenols is 2. The van der Waals surface area contributed by atoms with Crippen LogP contribution in [0.25, 0.3) is 0 Å². The minimum Gasteiger partial charge on any atom is -0.507 e. The van der Waals surface area contributed by atoms with Gasteiger partial charge in [-0.2, -0.15) is 5.10 Å². The molecule has 3 N–H and O–H groups in total. The number of nitrogens with zero attached hydrogens (tertiary/aromatic N) is 2. The summed E-state index contributed by atoms with van der Waals surface area (Å²) in [5, 5.41) is 22.7. The highest BCUT2D eigenvalue weighted by molar-refractivity contribution is 9.10. The van der Waals surface area contributed by atoms with Crippen molar-refractivity contribution in [2.45, 2.75) is 0 Å². The van der Waals surface area contributed by atoms with E-state index in [2.05, 4.69) is 31.4 Å². The molecule has 0 spiro atoms. The number of nitrogens with one attached hydrogen (secondary N) is 1. The Morgan fingerprint density at radius 3 is 2.65 bits per heavy atom. The Morgan fingerprint density at radius 1 is 1.25 bits per heavy atom. The summed E-state index contributed by atoms with van der Waals surface area (Å²) in [6.45, 7) is 0. The maximum atomic E-state index is 11.7. The predicted molar refractivity (Wildman–Crippen MR) is 76.8 cm³/mol. The van der Waals surface area contributed by atoms with Gasteiger partial charge < -0.3 is 10.2 Å². The van der Waals surface area contributed by atoms with E-state index in [1.54, 1.807) is 12.1 Å². The molecule has 1 aromatic heterocycles. The Bertz CT molecular complexity index is 659. The van der Waals surface area contributed by atoms with E-state index in [0.29, 0.717) is 15.6 Å². The van der Waals surface area contributed by atoms with Gasteiger partial charge in [0.15, 0.2) is 0 Å². The lowest BCUT2D eigenvalue weighted by molar-refractivity contribution is 0.0955. The second kappa shape index (κ2) is 6.16. The third-order valence-corrected chi connectivity index (χ3v) is 3.04. The SMILES string of the molecule is O=C(N/N=C\c1cc(Br)c(O)cc1O)c1ccncc1. The molecular weight excluding hydrogens is 326 g/mol. The fourth-order valence-electron chi connectivity index (χ4n) is 1.40. The van der Waals surface area contributed by atoms with Gasteiger partial charge in [-0.1, -0.05) is 0 Å². The highest BCUT2D eigenvalue weighted by Gasteiger charge is 2.06.